The molecule has 0 radical (unpaired) electrons. The van der Waals surface area contributed by atoms with E-state index < -0.39 is 12.3 Å². The second kappa shape index (κ2) is 10.1. The predicted octanol–water partition coefficient (Wildman–Crippen LogP) is 5.89. The van der Waals surface area contributed by atoms with Gasteiger partial charge in [0.2, 0.25) is 0 Å². The summed E-state index contributed by atoms with van der Waals surface area (Å²) in [5.74, 6) is 0.0270. The number of amides is 1. The van der Waals surface area contributed by atoms with Crippen LogP contribution in [-0.4, -0.2) is 37.4 Å². The zero-order chi connectivity index (χ0) is 23.5. The smallest absolute Gasteiger partial charge is 0.315 e. The molecule has 1 N–H and O–H groups in total. The number of aryl methyl sites for hydroxylation is 2. The molecule has 178 valence electrons. The van der Waals surface area contributed by atoms with Gasteiger partial charge in [-0.15, -0.1) is 0 Å². The normalized spacial score (nSPS) is 19.3. The first-order valence-corrected chi connectivity index (χ1v) is 12.1. The Labute approximate surface area is 195 Å². The lowest BCUT2D eigenvalue weighted by molar-refractivity contribution is -0.146. The first kappa shape index (κ1) is 23.5. The lowest BCUT2D eigenvalue weighted by Crippen LogP contribution is -2.43. The molecule has 0 fully saturated rings. The number of anilines is 1. The monoisotopic (exact) mass is 456 g/mol. The summed E-state index contributed by atoms with van der Waals surface area (Å²) in [4.78, 5) is 13.9. The number of hydrogen-bond donors (Lipinski definition) is 1. The molecule has 0 saturated carbocycles. The number of ether oxygens (including phenoxy) is 1. The van der Waals surface area contributed by atoms with Gasteiger partial charge in [-0.3, -0.25) is 4.79 Å². The van der Waals surface area contributed by atoms with Crippen LogP contribution in [0.3, 0.4) is 0 Å². The summed E-state index contributed by atoms with van der Waals surface area (Å²) in [6.45, 7) is 5.47. The molecule has 2 aromatic carbocycles. The van der Waals surface area contributed by atoms with E-state index in [4.69, 9.17) is 4.74 Å². The van der Waals surface area contributed by atoms with Crippen LogP contribution in [0.4, 0.5) is 14.5 Å². The molecule has 0 aromatic heterocycles. The molecule has 1 amide bonds. The van der Waals surface area contributed by atoms with Gasteiger partial charge in [0.05, 0.1) is 13.2 Å². The number of methoxy groups -OCH3 is 1. The minimum absolute atomic E-state index is 0.258. The first-order valence-electron chi connectivity index (χ1n) is 12.1. The van der Waals surface area contributed by atoms with Crippen molar-refractivity contribution in [2.45, 2.75) is 70.8 Å². The SMILES string of the molecule is CCCc1cc2c(cc1CC)CCN(C(=O)C(F)F)[C@H]2CCC1CNc2ccc(OC)cc21. The van der Waals surface area contributed by atoms with Crippen molar-refractivity contribution in [3.63, 3.8) is 0 Å². The Morgan fingerprint density at radius 1 is 1.15 bits per heavy atom. The van der Waals surface area contributed by atoms with Gasteiger partial charge in [-0.05, 0) is 78.1 Å². The standard InChI is InChI=1S/C27H34F2N2O2/c1-4-6-18-14-23-19(13-17(18)5-2)11-12-31(27(32)26(28)29)25(23)10-7-20-16-30-24-9-8-21(33-3)15-22(20)24/h8-9,13-15,20,25-26,30H,4-7,10-12,16H2,1-3H3/t20?,25-/m0/s1. The maximum Gasteiger partial charge on any atom is 0.315 e. The highest BCUT2D eigenvalue weighted by Gasteiger charge is 2.36. The van der Waals surface area contributed by atoms with E-state index in [2.05, 4.69) is 37.4 Å². The van der Waals surface area contributed by atoms with Crippen molar-refractivity contribution in [1.82, 2.24) is 4.90 Å². The van der Waals surface area contributed by atoms with E-state index >= 15 is 0 Å². The summed E-state index contributed by atoms with van der Waals surface area (Å²) in [7, 11) is 1.66. The Morgan fingerprint density at radius 3 is 2.67 bits per heavy atom. The summed E-state index contributed by atoms with van der Waals surface area (Å²) in [5.41, 5.74) is 7.19. The Kier molecular flexibility index (Phi) is 7.20. The third-order valence-corrected chi connectivity index (χ3v) is 7.21. The number of carbonyl (C=O) groups excluding carboxylic acids is 1. The van der Waals surface area contributed by atoms with Crippen LogP contribution in [-0.2, 0) is 24.1 Å². The molecule has 2 heterocycles. The highest BCUT2D eigenvalue weighted by molar-refractivity contribution is 5.80. The van der Waals surface area contributed by atoms with Crippen molar-refractivity contribution in [3.05, 3.63) is 58.1 Å². The van der Waals surface area contributed by atoms with E-state index in [-0.39, 0.29) is 12.0 Å². The van der Waals surface area contributed by atoms with Gasteiger partial charge in [0.1, 0.15) is 5.75 Å². The maximum atomic E-state index is 13.5. The van der Waals surface area contributed by atoms with Gasteiger partial charge in [-0.1, -0.05) is 32.4 Å². The quantitative estimate of drug-likeness (QED) is 0.539. The van der Waals surface area contributed by atoms with Crippen LogP contribution in [0.1, 0.15) is 72.9 Å². The average Bonchev–Trinajstić information content (AvgIpc) is 3.23. The van der Waals surface area contributed by atoms with Crippen LogP contribution >= 0.6 is 0 Å². The number of carbonyl (C=O) groups is 1. The van der Waals surface area contributed by atoms with E-state index in [1.807, 2.05) is 12.1 Å². The third kappa shape index (κ3) is 4.71. The van der Waals surface area contributed by atoms with E-state index in [1.54, 1.807) is 7.11 Å². The molecule has 2 aliphatic heterocycles. The Hall–Kier alpha value is -2.63. The largest absolute Gasteiger partial charge is 0.497 e. The molecule has 4 rings (SSSR count). The van der Waals surface area contributed by atoms with Crippen molar-refractivity contribution in [1.29, 1.82) is 0 Å². The number of alkyl halides is 2. The van der Waals surface area contributed by atoms with Gasteiger partial charge in [0.15, 0.2) is 0 Å². The Morgan fingerprint density at radius 2 is 1.97 bits per heavy atom. The molecule has 2 atom stereocenters. The fraction of sp³-hybridized carbons (Fsp3) is 0.519. The highest BCUT2D eigenvalue weighted by Crippen LogP contribution is 2.41. The summed E-state index contributed by atoms with van der Waals surface area (Å²) in [6.07, 6.45) is 2.08. The molecule has 2 aromatic rings. The molecular weight excluding hydrogens is 422 g/mol. The van der Waals surface area contributed by atoms with Crippen LogP contribution in [0, 0.1) is 0 Å². The molecule has 1 unspecified atom stereocenters. The number of benzene rings is 2. The highest BCUT2D eigenvalue weighted by atomic mass is 19.3. The fourth-order valence-electron chi connectivity index (χ4n) is 5.51. The number of rotatable bonds is 8. The first-order chi connectivity index (χ1) is 16.0. The average molecular weight is 457 g/mol. The number of hydrogen-bond acceptors (Lipinski definition) is 3. The van der Waals surface area contributed by atoms with Crippen molar-refractivity contribution in [2.24, 2.45) is 0 Å². The van der Waals surface area contributed by atoms with Gasteiger partial charge >= 0.3 is 6.43 Å². The topological polar surface area (TPSA) is 41.6 Å². The minimum Gasteiger partial charge on any atom is -0.497 e. The molecule has 0 saturated heterocycles. The number of nitrogens with one attached hydrogen (secondary N) is 1. The van der Waals surface area contributed by atoms with Crippen LogP contribution in [0.25, 0.3) is 0 Å². The number of nitrogens with zero attached hydrogens (tertiary/aromatic N) is 1. The molecule has 33 heavy (non-hydrogen) atoms. The second-order valence-corrected chi connectivity index (χ2v) is 9.13. The summed E-state index contributed by atoms with van der Waals surface area (Å²) in [5, 5.41) is 3.45. The van der Waals surface area contributed by atoms with Gasteiger partial charge in [-0.2, -0.15) is 8.78 Å². The molecule has 0 bridgehead atoms. The van der Waals surface area contributed by atoms with Gasteiger partial charge < -0.3 is 15.0 Å². The van der Waals surface area contributed by atoms with Crippen LogP contribution in [0.2, 0.25) is 0 Å². The van der Waals surface area contributed by atoms with Gasteiger partial charge in [0.25, 0.3) is 5.91 Å². The lowest BCUT2D eigenvalue weighted by Gasteiger charge is -2.38. The van der Waals surface area contributed by atoms with Crippen LogP contribution in [0.15, 0.2) is 30.3 Å². The van der Waals surface area contributed by atoms with Crippen LogP contribution in [0.5, 0.6) is 5.75 Å². The second-order valence-electron chi connectivity index (χ2n) is 9.13. The Balaban J connectivity index is 1.64. The van der Waals surface area contributed by atoms with Crippen molar-refractivity contribution < 1.29 is 18.3 Å². The summed E-state index contributed by atoms with van der Waals surface area (Å²) in [6, 6.07) is 10.2. The van der Waals surface area contributed by atoms with Gasteiger partial charge in [0, 0.05) is 24.7 Å². The predicted molar refractivity (Wildman–Crippen MR) is 127 cm³/mol. The molecule has 0 aliphatic carbocycles. The van der Waals surface area contributed by atoms with Gasteiger partial charge in [-0.25, -0.2) is 0 Å². The fourth-order valence-corrected chi connectivity index (χ4v) is 5.51. The third-order valence-electron chi connectivity index (χ3n) is 7.21. The molecule has 4 nitrogen and oxygen atoms in total. The molecule has 6 heteroatoms. The zero-order valence-corrected chi connectivity index (χ0v) is 19.8. The Bertz CT molecular complexity index is 1010. The van der Waals surface area contributed by atoms with E-state index in [0.29, 0.717) is 19.4 Å². The van der Waals surface area contributed by atoms with E-state index in [1.165, 1.54) is 27.2 Å². The number of fused-ring (bicyclic) bond motifs is 2. The van der Waals surface area contributed by atoms with Crippen molar-refractivity contribution in [2.75, 3.05) is 25.5 Å². The van der Waals surface area contributed by atoms with E-state index in [9.17, 15) is 13.6 Å². The number of halogens is 2. The minimum atomic E-state index is -2.97. The molecule has 0 spiro atoms. The van der Waals surface area contributed by atoms with Crippen molar-refractivity contribution >= 4 is 11.6 Å². The van der Waals surface area contributed by atoms with Crippen molar-refractivity contribution in [3.8, 4) is 5.75 Å². The molecule has 2 aliphatic rings. The molecular formula is C27H34F2N2O2. The lowest BCUT2D eigenvalue weighted by atomic mass is 9.83. The summed E-state index contributed by atoms with van der Waals surface area (Å²) < 4.78 is 32.4. The summed E-state index contributed by atoms with van der Waals surface area (Å²) >= 11 is 0. The van der Waals surface area contributed by atoms with E-state index in [0.717, 1.165) is 49.2 Å². The van der Waals surface area contributed by atoms with Crippen LogP contribution < -0.4 is 10.1 Å². The zero-order valence-electron chi connectivity index (χ0n) is 19.8. The maximum absolute atomic E-state index is 13.5.